The van der Waals surface area contributed by atoms with Crippen molar-refractivity contribution >= 4 is 21.3 Å². The molecular formula is C12H17NO4S. The molecule has 5 nitrogen and oxygen atoms in total. The van der Waals surface area contributed by atoms with Crippen molar-refractivity contribution in [3.05, 3.63) is 23.8 Å². The molecule has 0 aliphatic heterocycles. The van der Waals surface area contributed by atoms with Crippen molar-refractivity contribution in [1.82, 2.24) is 0 Å². The molecule has 0 atom stereocenters. The van der Waals surface area contributed by atoms with Gasteiger partial charge in [-0.05, 0) is 18.2 Å². The van der Waals surface area contributed by atoms with E-state index in [1.165, 1.54) is 13.2 Å². The van der Waals surface area contributed by atoms with E-state index in [9.17, 15) is 13.2 Å². The highest BCUT2D eigenvalue weighted by Crippen LogP contribution is 2.21. The molecule has 0 amide bonds. The summed E-state index contributed by atoms with van der Waals surface area (Å²) in [4.78, 5) is 11.9. The van der Waals surface area contributed by atoms with Crippen LogP contribution >= 0.6 is 0 Å². The second kappa shape index (κ2) is 5.86. The van der Waals surface area contributed by atoms with Gasteiger partial charge in [-0.1, -0.05) is 6.92 Å². The third-order valence-electron chi connectivity index (χ3n) is 2.64. The summed E-state index contributed by atoms with van der Waals surface area (Å²) < 4.78 is 27.7. The Hall–Kier alpha value is -1.56. The van der Waals surface area contributed by atoms with Gasteiger partial charge in [0.2, 0.25) is 0 Å². The van der Waals surface area contributed by atoms with E-state index in [0.717, 1.165) is 0 Å². The van der Waals surface area contributed by atoms with Gasteiger partial charge in [0.15, 0.2) is 5.78 Å². The first-order valence-corrected chi connectivity index (χ1v) is 7.39. The second-order valence-electron chi connectivity index (χ2n) is 3.86. The van der Waals surface area contributed by atoms with Crippen LogP contribution in [0.4, 0.5) is 5.69 Å². The van der Waals surface area contributed by atoms with Gasteiger partial charge in [0, 0.05) is 23.4 Å². The predicted octanol–water partition coefficient (Wildman–Crippen LogP) is 1.28. The van der Waals surface area contributed by atoms with Crippen LogP contribution < -0.4 is 10.5 Å². The number of hydrogen-bond donors (Lipinski definition) is 1. The lowest BCUT2D eigenvalue weighted by Gasteiger charge is -2.07. The summed E-state index contributed by atoms with van der Waals surface area (Å²) in [5.74, 6) is 0.113. The molecule has 0 saturated carbocycles. The van der Waals surface area contributed by atoms with Crippen molar-refractivity contribution in [1.29, 1.82) is 0 Å². The molecule has 0 aliphatic rings. The molecule has 1 aromatic carbocycles. The Morgan fingerprint density at radius 2 is 2.06 bits per heavy atom. The number of benzene rings is 1. The highest BCUT2D eigenvalue weighted by Gasteiger charge is 2.15. The molecule has 6 heteroatoms. The molecule has 0 radical (unpaired) electrons. The topological polar surface area (TPSA) is 86.5 Å². The van der Waals surface area contributed by atoms with Gasteiger partial charge in [0.1, 0.15) is 15.6 Å². The summed E-state index contributed by atoms with van der Waals surface area (Å²) >= 11 is 0. The summed E-state index contributed by atoms with van der Waals surface area (Å²) in [5.41, 5.74) is 6.33. The van der Waals surface area contributed by atoms with E-state index in [1.54, 1.807) is 19.1 Å². The summed E-state index contributed by atoms with van der Waals surface area (Å²) in [6.07, 6.45) is -0.0620. The Morgan fingerprint density at radius 1 is 1.39 bits per heavy atom. The summed E-state index contributed by atoms with van der Waals surface area (Å²) in [7, 11) is -1.66. The van der Waals surface area contributed by atoms with Crippen LogP contribution in [0.3, 0.4) is 0 Å². The quantitative estimate of drug-likeness (QED) is 0.622. The number of hydrogen-bond acceptors (Lipinski definition) is 5. The zero-order valence-electron chi connectivity index (χ0n) is 10.5. The molecule has 0 aromatic heterocycles. The first kappa shape index (κ1) is 14.5. The van der Waals surface area contributed by atoms with Crippen LogP contribution in [0.2, 0.25) is 0 Å². The maximum Gasteiger partial charge on any atom is 0.166 e. The molecule has 0 aliphatic carbocycles. The number of nitrogen functional groups attached to an aromatic ring is 1. The Balaban J connectivity index is 2.84. The summed E-state index contributed by atoms with van der Waals surface area (Å²) in [5, 5.41) is 0. The molecule has 1 aromatic rings. The van der Waals surface area contributed by atoms with Gasteiger partial charge in [-0.25, -0.2) is 8.42 Å². The average molecular weight is 271 g/mol. The van der Waals surface area contributed by atoms with Gasteiger partial charge < -0.3 is 10.5 Å². The standard InChI is InChI=1S/C12H17NO4S/c1-3-18(15,16)7-6-12(14)10-8-9(17-2)4-5-11(10)13/h4-5,8H,3,6-7,13H2,1-2H3. The molecule has 2 N–H and O–H groups in total. The van der Waals surface area contributed by atoms with Crippen molar-refractivity contribution < 1.29 is 17.9 Å². The van der Waals surface area contributed by atoms with Crippen molar-refractivity contribution in [3.63, 3.8) is 0 Å². The summed E-state index contributed by atoms with van der Waals surface area (Å²) in [6, 6.07) is 4.74. The maximum absolute atomic E-state index is 11.9. The van der Waals surface area contributed by atoms with Crippen LogP contribution in [-0.4, -0.2) is 32.8 Å². The first-order valence-electron chi connectivity index (χ1n) is 5.56. The van der Waals surface area contributed by atoms with Gasteiger partial charge in [-0.3, -0.25) is 4.79 Å². The Kier molecular flexibility index (Phi) is 4.72. The lowest BCUT2D eigenvalue weighted by Crippen LogP contribution is -2.14. The highest BCUT2D eigenvalue weighted by molar-refractivity contribution is 7.91. The number of ketones is 1. The minimum Gasteiger partial charge on any atom is -0.497 e. The van der Waals surface area contributed by atoms with E-state index in [2.05, 4.69) is 0 Å². The van der Waals surface area contributed by atoms with Crippen molar-refractivity contribution in [2.24, 2.45) is 0 Å². The molecule has 0 fully saturated rings. The van der Waals surface area contributed by atoms with E-state index in [1.807, 2.05) is 0 Å². The van der Waals surface area contributed by atoms with Gasteiger partial charge in [0.25, 0.3) is 0 Å². The largest absolute Gasteiger partial charge is 0.497 e. The highest BCUT2D eigenvalue weighted by atomic mass is 32.2. The van der Waals surface area contributed by atoms with Gasteiger partial charge >= 0.3 is 0 Å². The number of carbonyl (C=O) groups is 1. The van der Waals surface area contributed by atoms with Crippen LogP contribution in [0.15, 0.2) is 18.2 Å². The lowest BCUT2D eigenvalue weighted by molar-refractivity contribution is 0.0989. The lowest BCUT2D eigenvalue weighted by atomic mass is 10.1. The van der Waals surface area contributed by atoms with Gasteiger partial charge in [-0.2, -0.15) is 0 Å². The van der Waals surface area contributed by atoms with Crippen LogP contribution in [-0.2, 0) is 9.84 Å². The van der Waals surface area contributed by atoms with E-state index < -0.39 is 9.84 Å². The number of sulfone groups is 1. The van der Waals surface area contributed by atoms with Gasteiger partial charge in [0.05, 0.1) is 12.9 Å². The zero-order chi connectivity index (χ0) is 13.8. The smallest absolute Gasteiger partial charge is 0.166 e. The zero-order valence-corrected chi connectivity index (χ0v) is 11.3. The van der Waals surface area contributed by atoms with E-state index >= 15 is 0 Å². The number of methoxy groups -OCH3 is 1. The van der Waals surface area contributed by atoms with E-state index in [-0.39, 0.29) is 23.7 Å². The van der Waals surface area contributed by atoms with Gasteiger partial charge in [-0.15, -0.1) is 0 Å². The third kappa shape index (κ3) is 3.73. The molecule has 1 rings (SSSR count). The van der Waals surface area contributed by atoms with Crippen molar-refractivity contribution in [3.8, 4) is 5.75 Å². The molecule has 0 saturated heterocycles. The first-order chi connectivity index (χ1) is 8.39. The number of anilines is 1. The minimum absolute atomic E-state index is 0.0356. The van der Waals surface area contributed by atoms with Crippen LogP contribution in [0.25, 0.3) is 0 Å². The molecule has 0 spiro atoms. The SMILES string of the molecule is CCS(=O)(=O)CCC(=O)c1cc(OC)ccc1N. The number of nitrogens with two attached hydrogens (primary N) is 1. The monoisotopic (exact) mass is 271 g/mol. The third-order valence-corrected chi connectivity index (χ3v) is 4.35. The molecule has 0 heterocycles. The number of ether oxygens (including phenoxy) is 1. The van der Waals surface area contributed by atoms with Crippen LogP contribution in [0.1, 0.15) is 23.7 Å². The normalized spacial score (nSPS) is 11.2. The molecule has 0 unspecified atom stereocenters. The van der Waals surface area contributed by atoms with Crippen LogP contribution in [0, 0.1) is 0 Å². The number of carbonyl (C=O) groups excluding carboxylic acids is 1. The average Bonchev–Trinajstić information content (AvgIpc) is 2.36. The number of Topliss-reactive ketones (excluding diaryl/α,β-unsaturated/α-hetero) is 1. The fourth-order valence-electron chi connectivity index (χ4n) is 1.43. The molecule has 18 heavy (non-hydrogen) atoms. The molecule has 0 bridgehead atoms. The Labute approximate surface area is 107 Å². The van der Waals surface area contributed by atoms with Crippen molar-refractivity contribution in [2.75, 3.05) is 24.3 Å². The maximum atomic E-state index is 11.9. The Morgan fingerprint density at radius 3 is 2.61 bits per heavy atom. The minimum atomic E-state index is -3.14. The fraction of sp³-hybridized carbons (Fsp3) is 0.417. The molecule has 100 valence electrons. The molecular weight excluding hydrogens is 254 g/mol. The van der Waals surface area contributed by atoms with E-state index in [4.69, 9.17) is 10.5 Å². The Bertz CT molecular complexity index is 537. The van der Waals surface area contributed by atoms with E-state index in [0.29, 0.717) is 17.0 Å². The van der Waals surface area contributed by atoms with Crippen LogP contribution in [0.5, 0.6) is 5.75 Å². The second-order valence-corrected chi connectivity index (χ2v) is 6.34. The van der Waals surface area contributed by atoms with Crippen molar-refractivity contribution in [2.45, 2.75) is 13.3 Å². The number of rotatable bonds is 6. The predicted molar refractivity (Wildman–Crippen MR) is 70.7 cm³/mol. The fourth-order valence-corrected chi connectivity index (χ4v) is 2.22. The summed E-state index contributed by atoms with van der Waals surface area (Å²) in [6.45, 7) is 1.56.